The van der Waals surface area contributed by atoms with Crippen molar-refractivity contribution in [3.05, 3.63) is 242 Å². The summed E-state index contributed by atoms with van der Waals surface area (Å²) in [6.07, 6.45) is 1.54. The van der Waals surface area contributed by atoms with Gasteiger partial charge in [0.2, 0.25) is 5.82 Å². The Morgan fingerprint density at radius 3 is 1.60 bits per heavy atom. The maximum atomic E-state index is 15.7. The number of hydrogen-bond acceptors (Lipinski definition) is 4. The van der Waals surface area contributed by atoms with E-state index < -0.39 is 34.8 Å². The minimum atomic E-state index is -2.24. The van der Waals surface area contributed by atoms with E-state index in [1.165, 1.54) is 6.07 Å². The third-order valence-electron chi connectivity index (χ3n) is 12.7. The van der Waals surface area contributed by atoms with E-state index in [0.717, 1.165) is 82.6 Å². The van der Waals surface area contributed by atoms with E-state index in [0.29, 0.717) is 10.9 Å². The van der Waals surface area contributed by atoms with Gasteiger partial charge in [0.05, 0.1) is 17.1 Å². The van der Waals surface area contributed by atoms with Crippen LogP contribution in [-0.2, 0) is 0 Å². The number of benzene rings is 10. The number of pyridine rings is 1. The van der Waals surface area contributed by atoms with Gasteiger partial charge in [-0.05, 0) is 112 Å². The molecule has 4 nitrogen and oxygen atoms in total. The van der Waals surface area contributed by atoms with E-state index in [1.807, 2.05) is 42.5 Å². The van der Waals surface area contributed by atoms with Gasteiger partial charge in [0.1, 0.15) is 11.5 Å². The fourth-order valence-electron chi connectivity index (χ4n) is 9.58. The Bertz CT molecular complexity index is 3740. The number of para-hydroxylation sites is 2. The zero-order valence-electron chi connectivity index (χ0n) is 35.9. The molecule has 0 fully saturated rings. The fraction of sp³-hybridized carbons (Fsp3) is 0. The Morgan fingerprint density at radius 1 is 0.382 bits per heavy atom. The first-order chi connectivity index (χ1) is 33.3. The molecule has 0 amide bonds. The molecule has 0 spiro atoms. The van der Waals surface area contributed by atoms with Gasteiger partial charge in [0.15, 0.2) is 23.3 Å². The van der Waals surface area contributed by atoms with Gasteiger partial charge in [0, 0.05) is 50.8 Å². The molecule has 326 valence electrons. The number of halogens is 5. The molecule has 12 rings (SSSR count). The maximum Gasteiger partial charge on any atom is 0.200 e. The van der Waals surface area contributed by atoms with Crippen molar-refractivity contribution in [1.29, 1.82) is 0 Å². The lowest BCUT2D eigenvalue weighted by Gasteiger charge is -2.35. The third kappa shape index (κ3) is 6.61. The fourth-order valence-corrected chi connectivity index (χ4v) is 9.58. The molecule has 10 aromatic carbocycles. The molecule has 0 radical (unpaired) electrons. The predicted octanol–water partition coefficient (Wildman–Crippen LogP) is 17.3. The highest BCUT2D eigenvalue weighted by atomic mass is 19.2. The third-order valence-corrected chi connectivity index (χ3v) is 12.7. The van der Waals surface area contributed by atoms with Crippen molar-refractivity contribution in [1.82, 2.24) is 4.98 Å². The lowest BCUT2D eigenvalue weighted by Crippen LogP contribution is -2.18. The molecule has 2 heterocycles. The molecule has 0 unspecified atom stereocenters. The summed E-state index contributed by atoms with van der Waals surface area (Å²) in [6, 6.07) is 67.8. The summed E-state index contributed by atoms with van der Waals surface area (Å²) in [4.78, 5) is 10.2. The number of hydrogen-bond donors (Lipinski definition) is 0. The second-order valence-electron chi connectivity index (χ2n) is 16.6. The highest BCUT2D eigenvalue weighted by molar-refractivity contribution is 6.18. The van der Waals surface area contributed by atoms with Crippen LogP contribution in [0, 0.1) is 29.1 Å². The summed E-state index contributed by atoms with van der Waals surface area (Å²) < 4.78 is 75.4. The van der Waals surface area contributed by atoms with Gasteiger partial charge in [0.25, 0.3) is 0 Å². The molecule has 0 N–H and O–H groups in total. The molecule has 0 saturated carbocycles. The highest BCUT2D eigenvalue weighted by Crippen LogP contribution is 2.54. The summed E-state index contributed by atoms with van der Waals surface area (Å²) in [6.45, 7) is 0. The van der Waals surface area contributed by atoms with Crippen LogP contribution in [0.25, 0.3) is 54.6 Å². The molecule has 1 aromatic heterocycles. The second-order valence-corrected chi connectivity index (χ2v) is 16.6. The average molecular weight is 895 g/mol. The van der Waals surface area contributed by atoms with Crippen LogP contribution in [0.15, 0.2) is 212 Å². The Balaban J connectivity index is 0.997. The Morgan fingerprint density at radius 2 is 0.956 bits per heavy atom. The van der Waals surface area contributed by atoms with E-state index in [1.54, 1.807) is 42.6 Å². The smallest absolute Gasteiger partial charge is 0.200 e. The molecule has 1 aliphatic heterocycles. The molecular formula is C59H35F5N4. The van der Waals surface area contributed by atoms with Crippen molar-refractivity contribution in [2.24, 2.45) is 0 Å². The molecule has 9 heteroatoms. The number of anilines is 9. The number of fused-ring (bicyclic) bond motifs is 4. The normalized spacial score (nSPS) is 11.9. The van der Waals surface area contributed by atoms with Gasteiger partial charge in [-0.15, -0.1) is 0 Å². The first-order valence-electron chi connectivity index (χ1n) is 22.0. The molecule has 0 aliphatic carbocycles. The summed E-state index contributed by atoms with van der Waals surface area (Å²) in [5.74, 6) is -10.3. The number of aromatic nitrogens is 1. The summed E-state index contributed by atoms with van der Waals surface area (Å²) >= 11 is 0. The van der Waals surface area contributed by atoms with Crippen molar-refractivity contribution in [3.63, 3.8) is 0 Å². The topological polar surface area (TPSA) is 22.6 Å². The Hall–Kier alpha value is -8.82. The first-order valence-corrected chi connectivity index (χ1v) is 22.0. The van der Waals surface area contributed by atoms with Crippen LogP contribution < -0.4 is 14.7 Å². The monoisotopic (exact) mass is 894 g/mol. The molecule has 0 bridgehead atoms. The summed E-state index contributed by atoms with van der Waals surface area (Å²) in [5, 5.41) is 5.97. The van der Waals surface area contributed by atoms with Crippen LogP contribution in [-0.4, -0.2) is 4.98 Å². The average Bonchev–Trinajstić information content (AvgIpc) is 3.39. The van der Waals surface area contributed by atoms with Crippen LogP contribution in [0.5, 0.6) is 0 Å². The second kappa shape index (κ2) is 16.3. The van der Waals surface area contributed by atoms with Crippen LogP contribution in [0.3, 0.4) is 0 Å². The minimum absolute atomic E-state index is 0.0549. The van der Waals surface area contributed by atoms with E-state index in [9.17, 15) is 13.2 Å². The van der Waals surface area contributed by atoms with E-state index in [2.05, 4.69) is 136 Å². The van der Waals surface area contributed by atoms with Gasteiger partial charge < -0.3 is 9.80 Å². The lowest BCUT2D eigenvalue weighted by molar-refractivity contribution is 0.380. The van der Waals surface area contributed by atoms with Crippen LogP contribution >= 0.6 is 0 Å². The lowest BCUT2D eigenvalue weighted by atomic mass is 9.88. The Labute approximate surface area is 387 Å². The molecule has 1 aliphatic rings. The minimum Gasteiger partial charge on any atom is -0.310 e. The van der Waals surface area contributed by atoms with Gasteiger partial charge in [-0.3, -0.25) is 4.90 Å². The Kier molecular flexibility index (Phi) is 9.72. The molecule has 11 aromatic rings. The molecule has 0 atom stereocenters. The largest absolute Gasteiger partial charge is 0.310 e. The molecule has 0 saturated heterocycles. The van der Waals surface area contributed by atoms with E-state index >= 15 is 8.78 Å². The van der Waals surface area contributed by atoms with Crippen molar-refractivity contribution in [2.45, 2.75) is 0 Å². The van der Waals surface area contributed by atoms with Crippen molar-refractivity contribution < 1.29 is 22.0 Å². The van der Waals surface area contributed by atoms with E-state index in [4.69, 9.17) is 0 Å². The van der Waals surface area contributed by atoms with E-state index in [-0.39, 0.29) is 11.5 Å². The molecule has 68 heavy (non-hydrogen) atoms. The SMILES string of the molecule is Fc1c(F)c(F)c(N(c2ccc3ccccc3c2)c2ccc(-c3ccc4c(c3)N(c3ccccc3)c3cccc5c(N(c6ccccc6)c6ccc7ccccc7c6)ccc-4c35)cn2)c(F)c1F. The number of nitrogens with zero attached hydrogens (tertiary/aromatic N) is 4. The van der Waals surface area contributed by atoms with Gasteiger partial charge in [-0.25, -0.2) is 26.9 Å². The maximum absolute atomic E-state index is 15.7. The van der Waals surface area contributed by atoms with Crippen molar-refractivity contribution >= 4 is 83.6 Å². The highest BCUT2D eigenvalue weighted by Gasteiger charge is 2.32. The summed E-state index contributed by atoms with van der Waals surface area (Å²) in [7, 11) is 0. The summed E-state index contributed by atoms with van der Waals surface area (Å²) in [5.41, 5.74) is 8.46. The quantitative estimate of drug-likeness (QED) is 0.0861. The standard InChI is InChI=1S/C59H35F5N4/c60-54-55(61)57(63)59(58(64)56(54)62)68(45-27-23-37-13-8-10-15-39(37)33-45)52-31-25-41(35-65-52)40-24-28-46-47-29-30-49(48-20-11-21-50(53(47)48)67(51(46)34-40)43-18-5-2-6-19-43)66(42-16-3-1-4-17-42)44-26-22-36-12-7-9-14-38(36)32-44/h1-35H. The van der Waals surface area contributed by atoms with Gasteiger partial charge in [-0.2, -0.15) is 0 Å². The van der Waals surface area contributed by atoms with Gasteiger partial charge in [-0.1, -0.05) is 127 Å². The first kappa shape index (κ1) is 40.7. The van der Waals surface area contributed by atoms with Crippen molar-refractivity contribution in [2.75, 3.05) is 14.7 Å². The number of rotatable bonds is 8. The zero-order chi connectivity index (χ0) is 46.0. The van der Waals surface area contributed by atoms with Crippen LogP contribution in [0.1, 0.15) is 0 Å². The van der Waals surface area contributed by atoms with Crippen molar-refractivity contribution in [3.8, 4) is 22.3 Å². The zero-order valence-corrected chi connectivity index (χ0v) is 35.9. The van der Waals surface area contributed by atoms with Crippen LogP contribution in [0.2, 0.25) is 0 Å². The van der Waals surface area contributed by atoms with Gasteiger partial charge >= 0.3 is 0 Å². The van der Waals surface area contributed by atoms with Crippen LogP contribution in [0.4, 0.5) is 73.3 Å². The predicted molar refractivity (Wildman–Crippen MR) is 265 cm³/mol. The molecular weight excluding hydrogens is 860 g/mol.